The van der Waals surface area contributed by atoms with Crippen LogP contribution in [0.25, 0.3) is 0 Å². The van der Waals surface area contributed by atoms with Crippen LogP contribution in [0, 0.1) is 10.1 Å². The lowest BCUT2D eigenvalue weighted by atomic mass is 9.84. The Morgan fingerprint density at radius 2 is 1.89 bits per heavy atom. The monoisotopic (exact) mass is 262 g/mol. The lowest BCUT2D eigenvalue weighted by Crippen LogP contribution is -2.50. The van der Waals surface area contributed by atoms with Gasteiger partial charge in [0.2, 0.25) is 0 Å². The quantitative estimate of drug-likeness (QED) is 0.607. The summed E-state index contributed by atoms with van der Waals surface area (Å²) < 4.78 is 0. The van der Waals surface area contributed by atoms with E-state index in [1.165, 1.54) is 12.1 Å². The average molecular weight is 262 g/mol. The van der Waals surface area contributed by atoms with Gasteiger partial charge in [-0.1, -0.05) is 17.3 Å². The summed E-state index contributed by atoms with van der Waals surface area (Å²) in [7, 11) is 0. The second-order valence-electron chi connectivity index (χ2n) is 5.66. The molecule has 1 heterocycles. The molecule has 0 aromatic heterocycles. The number of amidine groups is 1. The molecular formula is C13H16N3O3. The van der Waals surface area contributed by atoms with E-state index in [9.17, 15) is 15.3 Å². The fraction of sp³-hybridized carbons (Fsp3) is 0.462. The normalized spacial score (nSPS) is 20.3. The zero-order valence-electron chi connectivity index (χ0n) is 11.4. The lowest BCUT2D eigenvalue weighted by molar-refractivity contribution is -0.384. The maximum absolute atomic E-state index is 12.3. The molecule has 1 aliphatic rings. The Morgan fingerprint density at radius 3 is 2.37 bits per heavy atom. The van der Waals surface area contributed by atoms with E-state index < -0.39 is 16.0 Å². The largest absolute Gasteiger partial charge is 0.270 e. The van der Waals surface area contributed by atoms with Crippen LogP contribution < -0.4 is 0 Å². The van der Waals surface area contributed by atoms with Crippen LogP contribution in [0.5, 0.6) is 0 Å². The molecule has 1 aliphatic heterocycles. The van der Waals surface area contributed by atoms with E-state index in [1.807, 2.05) is 27.7 Å². The van der Waals surface area contributed by atoms with Crippen LogP contribution in [0.1, 0.15) is 33.3 Å². The molecule has 0 atom stereocenters. The lowest BCUT2D eigenvalue weighted by Gasteiger charge is -2.35. The third kappa shape index (κ3) is 1.98. The number of hydrogen-bond acceptors (Lipinski definition) is 4. The van der Waals surface area contributed by atoms with Gasteiger partial charge in [-0.2, -0.15) is 5.06 Å². The highest BCUT2D eigenvalue weighted by molar-refractivity contribution is 6.00. The highest BCUT2D eigenvalue weighted by atomic mass is 16.6. The summed E-state index contributed by atoms with van der Waals surface area (Å²) in [6.45, 7) is 7.38. The second kappa shape index (κ2) is 4.03. The standard InChI is InChI=1S/C13H16N3O3/c1-12(2)13(3,4)15(17)11(14-12)9-6-5-7-10(8-9)16(18)19/h5-8H,1-4H3. The van der Waals surface area contributed by atoms with E-state index in [4.69, 9.17) is 0 Å². The molecular weight excluding hydrogens is 246 g/mol. The fourth-order valence-corrected chi connectivity index (χ4v) is 1.90. The van der Waals surface area contributed by atoms with Crippen molar-refractivity contribution in [3.05, 3.63) is 39.9 Å². The number of rotatable bonds is 2. The van der Waals surface area contributed by atoms with Gasteiger partial charge in [0.25, 0.3) is 5.69 Å². The van der Waals surface area contributed by atoms with Crippen LogP contribution in [-0.2, 0) is 5.21 Å². The van der Waals surface area contributed by atoms with Crippen molar-refractivity contribution >= 4 is 11.5 Å². The molecule has 0 bridgehead atoms. The molecule has 0 amide bonds. The Hall–Kier alpha value is -1.95. The van der Waals surface area contributed by atoms with Gasteiger partial charge in [0, 0.05) is 17.7 Å². The zero-order valence-corrected chi connectivity index (χ0v) is 11.4. The van der Waals surface area contributed by atoms with Gasteiger partial charge in [-0.3, -0.25) is 15.1 Å². The Balaban J connectivity index is 2.49. The van der Waals surface area contributed by atoms with E-state index in [-0.39, 0.29) is 11.5 Å². The minimum atomic E-state index is -0.688. The van der Waals surface area contributed by atoms with Gasteiger partial charge in [0.05, 0.1) is 16.0 Å². The molecule has 1 aromatic carbocycles. The van der Waals surface area contributed by atoms with Crippen molar-refractivity contribution in [2.75, 3.05) is 0 Å². The molecule has 0 spiro atoms. The SMILES string of the molecule is CC1(C)N=C(c2cccc([N+](=O)[O-])c2)N([O])C1(C)C. The van der Waals surface area contributed by atoms with Gasteiger partial charge in [0.15, 0.2) is 5.84 Å². The molecule has 0 saturated carbocycles. The van der Waals surface area contributed by atoms with E-state index in [0.717, 1.165) is 5.06 Å². The third-order valence-electron chi connectivity index (χ3n) is 3.90. The van der Waals surface area contributed by atoms with Gasteiger partial charge < -0.3 is 0 Å². The third-order valence-corrected chi connectivity index (χ3v) is 3.90. The Labute approximate surface area is 111 Å². The number of nitro benzene ring substituents is 1. The van der Waals surface area contributed by atoms with Gasteiger partial charge in [-0.05, 0) is 27.7 Å². The first-order chi connectivity index (χ1) is 8.67. The molecule has 1 aromatic rings. The van der Waals surface area contributed by atoms with Crippen molar-refractivity contribution in [2.45, 2.75) is 38.8 Å². The van der Waals surface area contributed by atoms with Gasteiger partial charge >= 0.3 is 0 Å². The van der Waals surface area contributed by atoms with Gasteiger partial charge in [0.1, 0.15) is 0 Å². The molecule has 101 valence electrons. The highest BCUT2D eigenvalue weighted by Gasteiger charge is 2.50. The topological polar surface area (TPSA) is 78.6 Å². The summed E-state index contributed by atoms with van der Waals surface area (Å²) in [6.07, 6.45) is 0. The smallest absolute Gasteiger partial charge is 0.258 e. The molecule has 0 unspecified atom stereocenters. The van der Waals surface area contributed by atoms with Crippen molar-refractivity contribution in [1.29, 1.82) is 0 Å². The summed E-state index contributed by atoms with van der Waals surface area (Å²) in [4.78, 5) is 14.7. The van der Waals surface area contributed by atoms with Crippen molar-refractivity contribution in [3.63, 3.8) is 0 Å². The van der Waals surface area contributed by atoms with Crippen LogP contribution in [0.15, 0.2) is 29.3 Å². The number of nitro groups is 1. The minimum absolute atomic E-state index is 0.0453. The summed E-state index contributed by atoms with van der Waals surface area (Å²) in [5, 5.41) is 24.0. The average Bonchev–Trinajstić information content (AvgIpc) is 2.49. The van der Waals surface area contributed by atoms with Crippen molar-refractivity contribution < 1.29 is 10.1 Å². The first kappa shape index (κ1) is 13.5. The fourth-order valence-electron chi connectivity index (χ4n) is 1.90. The van der Waals surface area contributed by atoms with Crippen LogP contribution in [0.4, 0.5) is 5.69 Å². The number of benzene rings is 1. The van der Waals surface area contributed by atoms with Crippen molar-refractivity contribution in [2.24, 2.45) is 4.99 Å². The number of non-ortho nitro benzene ring substituents is 1. The zero-order chi connectivity index (χ0) is 14.4. The number of nitrogens with zero attached hydrogens (tertiary/aromatic N) is 3. The number of hydrogen-bond donors (Lipinski definition) is 0. The first-order valence-electron chi connectivity index (χ1n) is 5.99. The van der Waals surface area contributed by atoms with Crippen LogP contribution >= 0.6 is 0 Å². The summed E-state index contributed by atoms with van der Waals surface area (Å²) >= 11 is 0. The molecule has 0 N–H and O–H groups in total. The molecule has 2 rings (SSSR count). The van der Waals surface area contributed by atoms with Gasteiger partial charge in [-0.25, -0.2) is 0 Å². The highest BCUT2D eigenvalue weighted by Crippen LogP contribution is 2.38. The molecule has 6 heteroatoms. The Morgan fingerprint density at radius 1 is 1.26 bits per heavy atom. The first-order valence-corrected chi connectivity index (χ1v) is 5.99. The van der Waals surface area contributed by atoms with Crippen LogP contribution in [0.2, 0.25) is 0 Å². The van der Waals surface area contributed by atoms with Gasteiger partial charge in [-0.15, -0.1) is 0 Å². The van der Waals surface area contributed by atoms with Crippen molar-refractivity contribution in [3.8, 4) is 0 Å². The van der Waals surface area contributed by atoms with Crippen LogP contribution in [0.3, 0.4) is 0 Å². The summed E-state index contributed by atoms with van der Waals surface area (Å²) in [6, 6.07) is 5.99. The predicted octanol–water partition coefficient (Wildman–Crippen LogP) is 2.56. The van der Waals surface area contributed by atoms with E-state index in [1.54, 1.807) is 12.1 Å². The second-order valence-corrected chi connectivity index (χ2v) is 5.66. The predicted molar refractivity (Wildman–Crippen MR) is 70.3 cm³/mol. The van der Waals surface area contributed by atoms with Crippen molar-refractivity contribution in [1.82, 2.24) is 5.06 Å². The molecule has 0 saturated heterocycles. The molecule has 19 heavy (non-hydrogen) atoms. The number of aliphatic imine (C=N–C) groups is 1. The Bertz CT molecular complexity index is 564. The van der Waals surface area contributed by atoms with E-state index in [2.05, 4.69) is 4.99 Å². The maximum atomic E-state index is 12.3. The summed E-state index contributed by atoms with van der Waals surface area (Å²) in [5.74, 6) is 0.249. The minimum Gasteiger partial charge on any atom is -0.258 e. The van der Waals surface area contributed by atoms with E-state index in [0.29, 0.717) is 5.56 Å². The molecule has 0 aliphatic carbocycles. The maximum Gasteiger partial charge on any atom is 0.270 e. The molecule has 1 radical (unpaired) electrons. The number of hydroxylamine groups is 2. The molecule has 6 nitrogen and oxygen atoms in total. The Kier molecular flexibility index (Phi) is 2.86. The van der Waals surface area contributed by atoms with E-state index >= 15 is 0 Å². The molecule has 0 fully saturated rings. The summed E-state index contributed by atoms with van der Waals surface area (Å²) in [5.41, 5.74) is -0.805. The van der Waals surface area contributed by atoms with Crippen LogP contribution in [-0.4, -0.2) is 26.9 Å².